The van der Waals surface area contributed by atoms with Gasteiger partial charge in [-0.25, -0.2) is 21.8 Å². The fourth-order valence-electron chi connectivity index (χ4n) is 3.26. The van der Waals surface area contributed by atoms with Gasteiger partial charge in [0.25, 0.3) is 10.0 Å². The van der Waals surface area contributed by atoms with Crippen molar-refractivity contribution < 1.29 is 21.6 Å². The zero-order valence-electron chi connectivity index (χ0n) is 19.2. The third-order valence-corrected chi connectivity index (χ3v) is 7.78. The molecule has 0 aliphatic carbocycles. The van der Waals surface area contributed by atoms with Crippen molar-refractivity contribution in [2.24, 2.45) is 0 Å². The predicted molar refractivity (Wildman–Crippen MR) is 133 cm³/mol. The Morgan fingerprint density at radius 2 is 1.62 bits per heavy atom. The van der Waals surface area contributed by atoms with Crippen molar-refractivity contribution in [3.05, 3.63) is 78.0 Å². The third kappa shape index (κ3) is 5.91. The molecule has 0 aliphatic rings. The van der Waals surface area contributed by atoms with Gasteiger partial charge in [0, 0.05) is 11.9 Å². The van der Waals surface area contributed by atoms with Crippen LogP contribution in [-0.2, 0) is 24.8 Å². The summed E-state index contributed by atoms with van der Waals surface area (Å²) in [7, 11) is -7.63. The Bertz CT molecular complexity index is 1390. The van der Waals surface area contributed by atoms with E-state index in [1.54, 1.807) is 30.3 Å². The molecule has 1 aromatic heterocycles. The minimum Gasteiger partial charge on any atom is -0.324 e. The van der Waals surface area contributed by atoms with Crippen LogP contribution in [0, 0.1) is 13.8 Å². The molecule has 3 rings (SSSR count). The van der Waals surface area contributed by atoms with Gasteiger partial charge in [-0.3, -0.25) is 13.8 Å². The van der Waals surface area contributed by atoms with E-state index in [2.05, 4.69) is 15.0 Å². The molecule has 3 aromatic rings. The van der Waals surface area contributed by atoms with Crippen molar-refractivity contribution in [1.82, 2.24) is 4.98 Å². The van der Waals surface area contributed by atoms with E-state index in [1.807, 2.05) is 13.8 Å². The number of amides is 1. The monoisotopic (exact) mass is 502 g/mol. The quantitative estimate of drug-likeness (QED) is 0.487. The number of nitrogens with zero attached hydrogens (tertiary/aromatic N) is 2. The van der Waals surface area contributed by atoms with Gasteiger partial charge in [-0.15, -0.1) is 0 Å². The molecular weight excluding hydrogens is 476 g/mol. The van der Waals surface area contributed by atoms with Gasteiger partial charge in [0.15, 0.2) is 0 Å². The van der Waals surface area contributed by atoms with E-state index >= 15 is 0 Å². The van der Waals surface area contributed by atoms with E-state index in [0.29, 0.717) is 11.4 Å². The summed E-state index contributed by atoms with van der Waals surface area (Å²) in [5, 5.41) is 2.65. The lowest BCUT2D eigenvalue weighted by molar-refractivity contribution is -0.116. The molecule has 0 unspecified atom stereocenters. The van der Waals surface area contributed by atoms with E-state index < -0.39 is 32.0 Å². The maximum atomic E-state index is 12.9. The number of sulfonamides is 2. The highest BCUT2D eigenvalue weighted by molar-refractivity contribution is 7.92. The summed E-state index contributed by atoms with van der Waals surface area (Å²) >= 11 is 0. The smallest absolute Gasteiger partial charge is 0.263 e. The zero-order valence-corrected chi connectivity index (χ0v) is 20.8. The molecule has 0 spiro atoms. The van der Waals surface area contributed by atoms with Crippen LogP contribution in [0.3, 0.4) is 0 Å². The molecule has 1 atom stereocenters. The molecule has 0 saturated heterocycles. The van der Waals surface area contributed by atoms with Gasteiger partial charge in [0.05, 0.1) is 16.8 Å². The summed E-state index contributed by atoms with van der Waals surface area (Å²) in [6.07, 6.45) is 2.51. The van der Waals surface area contributed by atoms with Crippen LogP contribution in [0.2, 0.25) is 0 Å². The fraction of sp³-hybridized carbons (Fsp3) is 0.217. The number of carbonyl (C=O) groups is 1. The number of carbonyl (C=O) groups excluding carboxylic acids is 1. The fourth-order valence-corrected chi connectivity index (χ4v) is 5.43. The largest absolute Gasteiger partial charge is 0.324 e. The van der Waals surface area contributed by atoms with Gasteiger partial charge in [0.2, 0.25) is 15.9 Å². The second kappa shape index (κ2) is 9.82. The summed E-state index contributed by atoms with van der Waals surface area (Å²) in [6, 6.07) is 14.5. The van der Waals surface area contributed by atoms with Crippen molar-refractivity contribution in [2.75, 3.05) is 20.6 Å². The van der Waals surface area contributed by atoms with E-state index in [4.69, 9.17) is 0 Å². The van der Waals surface area contributed by atoms with Gasteiger partial charge >= 0.3 is 0 Å². The molecule has 0 saturated carbocycles. The van der Waals surface area contributed by atoms with Crippen LogP contribution in [0.1, 0.15) is 18.1 Å². The zero-order chi connectivity index (χ0) is 25.1. The van der Waals surface area contributed by atoms with Crippen molar-refractivity contribution in [3.8, 4) is 0 Å². The lowest BCUT2D eigenvalue weighted by Gasteiger charge is -2.28. The maximum absolute atomic E-state index is 12.9. The molecule has 2 N–H and O–H groups in total. The highest BCUT2D eigenvalue weighted by Gasteiger charge is 2.29. The lowest BCUT2D eigenvalue weighted by atomic mass is 10.1. The third-order valence-electron chi connectivity index (χ3n) is 5.17. The maximum Gasteiger partial charge on any atom is 0.263 e. The van der Waals surface area contributed by atoms with Crippen LogP contribution in [0.4, 0.5) is 17.2 Å². The first kappa shape index (κ1) is 25.2. The first-order chi connectivity index (χ1) is 15.9. The Labute approximate surface area is 199 Å². The molecule has 11 heteroatoms. The van der Waals surface area contributed by atoms with E-state index in [0.717, 1.165) is 21.7 Å². The summed E-state index contributed by atoms with van der Waals surface area (Å²) in [6.45, 7) is 5.26. The number of rotatable bonds is 8. The number of hydrogen-bond acceptors (Lipinski definition) is 6. The number of aromatic nitrogens is 1. The molecule has 180 valence electrons. The Balaban J connectivity index is 1.78. The van der Waals surface area contributed by atoms with Crippen molar-refractivity contribution in [3.63, 3.8) is 0 Å². The van der Waals surface area contributed by atoms with Gasteiger partial charge in [-0.05, 0) is 80.4 Å². The van der Waals surface area contributed by atoms with Gasteiger partial charge in [-0.1, -0.05) is 12.1 Å². The SMILES string of the molecule is Cc1ccc(N([C@H](C)C(=O)Nc2ccc(S(=O)(=O)Nc3ccccn3)cc2)S(C)(=O)=O)cc1C. The molecular formula is C23H26N4O5S2. The normalized spacial score (nSPS) is 12.6. The van der Waals surface area contributed by atoms with Crippen molar-refractivity contribution >= 4 is 43.1 Å². The van der Waals surface area contributed by atoms with Crippen LogP contribution >= 0.6 is 0 Å². The number of hydrogen-bond donors (Lipinski definition) is 2. The second-order valence-electron chi connectivity index (χ2n) is 7.84. The Morgan fingerprint density at radius 1 is 0.941 bits per heavy atom. The average molecular weight is 503 g/mol. The minimum absolute atomic E-state index is 0.0166. The van der Waals surface area contributed by atoms with Crippen LogP contribution < -0.4 is 14.3 Å². The number of benzene rings is 2. The van der Waals surface area contributed by atoms with Crippen LogP contribution in [-0.4, -0.2) is 40.0 Å². The minimum atomic E-state index is -3.86. The molecule has 1 heterocycles. The summed E-state index contributed by atoms with van der Waals surface area (Å²) in [4.78, 5) is 16.8. The van der Waals surface area contributed by atoms with Crippen LogP contribution in [0.25, 0.3) is 0 Å². The van der Waals surface area contributed by atoms with Crippen molar-refractivity contribution in [1.29, 1.82) is 0 Å². The molecule has 0 bridgehead atoms. The summed E-state index contributed by atoms with van der Waals surface area (Å²) in [5.74, 6) is -0.383. The first-order valence-electron chi connectivity index (χ1n) is 10.3. The summed E-state index contributed by atoms with van der Waals surface area (Å²) in [5.41, 5.74) is 2.61. The highest BCUT2D eigenvalue weighted by Crippen LogP contribution is 2.25. The highest BCUT2D eigenvalue weighted by atomic mass is 32.2. The number of aryl methyl sites for hydroxylation is 2. The summed E-state index contributed by atoms with van der Waals surface area (Å²) < 4.78 is 53.5. The lowest BCUT2D eigenvalue weighted by Crippen LogP contribution is -2.45. The van der Waals surface area contributed by atoms with Crippen LogP contribution in [0.5, 0.6) is 0 Å². The predicted octanol–water partition coefficient (Wildman–Crippen LogP) is 3.29. The molecule has 1 amide bonds. The molecule has 2 aromatic carbocycles. The standard InChI is InChI=1S/C23H26N4O5S2/c1-16-8-11-20(15-17(16)2)27(33(4,29)30)18(3)23(28)25-19-9-12-21(13-10-19)34(31,32)26-22-7-5-6-14-24-22/h5-15,18H,1-4H3,(H,24,26)(H,25,28)/t18-/m1/s1. The second-order valence-corrected chi connectivity index (χ2v) is 11.4. The topological polar surface area (TPSA) is 126 Å². The van der Waals surface area contributed by atoms with Crippen molar-refractivity contribution in [2.45, 2.75) is 31.7 Å². The first-order valence-corrected chi connectivity index (χ1v) is 13.6. The van der Waals surface area contributed by atoms with Gasteiger partial charge in [-0.2, -0.15) is 0 Å². The number of anilines is 3. The molecule has 0 fully saturated rings. The van der Waals surface area contributed by atoms with E-state index in [9.17, 15) is 21.6 Å². The Kier molecular flexibility index (Phi) is 7.27. The van der Waals surface area contributed by atoms with Gasteiger partial charge < -0.3 is 5.32 Å². The molecule has 34 heavy (non-hydrogen) atoms. The number of pyridine rings is 1. The molecule has 9 nitrogen and oxygen atoms in total. The van der Waals surface area contributed by atoms with E-state index in [-0.39, 0.29) is 10.7 Å². The average Bonchev–Trinajstić information content (AvgIpc) is 2.76. The van der Waals surface area contributed by atoms with E-state index in [1.165, 1.54) is 43.5 Å². The molecule has 0 radical (unpaired) electrons. The van der Waals surface area contributed by atoms with Crippen LogP contribution in [0.15, 0.2) is 71.8 Å². The van der Waals surface area contributed by atoms with Gasteiger partial charge in [0.1, 0.15) is 11.9 Å². The number of nitrogens with one attached hydrogen (secondary N) is 2. The Morgan fingerprint density at radius 3 is 2.18 bits per heavy atom. The molecule has 0 aliphatic heterocycles. The Hall–Kier alpha value is -3.44.